The summed E-state index contributed by atoms with van der Waals surface area (Å²) in [5.74, 6) is 0.954. The van der Waals surface area contributed by atoms with Crippen LogP contribution in [0.5, 0.6) is 0 Å². The molecule has 1 aliphatic rings. The molecule has 0 aromatic heterocycles. The number of hydrogen-bond acceptors (Lipinski definition) is 3. The molecule has 1 aliphatic heterocycles. The van der Waals surface area contributed by atoms with E-state index in [0.29, 0.717) is 0 Å². The normalized spacial score (nSPS) is 13.6. The maximum absolute atomic E-state index is 11.7. The molecule has 0 aliphatic carbocycles. The molecule has 2 rings (SSSR count). The largest absolute Gasteiger partial charge is 0.479 e. The lowest BCUT2D eigenvalue weighted by Crippen LogP contribution is -2.21. The molecule has 0 radical (unpaired) electrons. The molecule has 1 amide bonds. The van der Waals surface area contributed by atoms with E-state index in [0.717, 1.165) is 44.0 Å². The molecule has 0 atom stereocenters. The number of benzene rings is 1. The summed E-state index contributed by atoms with van der Waals surface area (Å²) in [6, 6.07) is 9.88. The lowest BCUT2D eigenvalue weighted by molar-refractivity contribution is -0.116. The molecule has 1 aromatic rings. The van der Waals surface area contributed by atoms with E-state index in [1.807, 2.05) is 36.4 Å². The number of rotatable bonds is 13. The van der Waals surface area contributed by atoms with Gasteiger partial charge in [-0.25, -0.2) is 0 Å². The fourth-order valence-electron chi connectivity index (χ4n) is 3.00. The topological polar surface area (TPSA) is 50.7 Å². The molecule has 0 spiro atoms. The van der Waals surface area contributed by atoms with Crippen LogP contribution < -0.4 is 5.32 Å². The van der Waals surface area contributed by atoms with Crippen LogP contribution in [-0.4, -0.2) is 31.5 Å². The number of nitrogens with zero attached hydrogens (tertiary/aromatic N) is 1. The van der Waals surface area contributed by atoms with Crippen molar-refractivity contribution in [3.05, 3.63) is 42.0 Å². The fraction of sp³-hybridized carbons (Fsp3) is 0.545. The van der Waals surface area contributed by atoms with Crippen molar-refractivity contribution in [2.75, 3.05) is 19.7 Å². The van der Waals surface area contributed by atoms with Crippen LogP contribution in [0.25, 0.3) is 6.08 Å². The van der Waals surface area contributed by atoms with Crippen molar-refractivity contribution in [1.29, 1.82) is 0 Å². The highest BCUT2D eigenvalue weighted by Gasteiger charge is 2.05. The highest BCUT2D eigenvalue weighted by Crippen LogP contribution is 2.11. The Morgan fingerprint density at radius 2 is 1.69 bits per heavy atom. The van der Waals surface area contributed by atoms with Gasteiger partial charge in [0.05, 0.1) is 6.54 Å². The van der Waals surface area contributed by atoms with E-state index < -0.39 is 0 Å². The average molecular weight is 357 g/mol. The van der Waals surface area contributed by atoms with Gasteiger partial charge in [-0.05, 0) is 24.5 Å². The van der Waals surface area contributed by atoms with Gasteiger partial charge in [0.1, 0.15) is 6.61 Å². The number of aliphatic imine (C=N–C) groups is 1. The smallest absolute Gasteiger partial charge is 0.243 e. The summed E-state index contributed by atoms with van der Waals surface area (Å²) in [5, 5.41) is 2.95. The van der Waals surface area contributed by atoms with Gasteiger partial charge in [-0.15, -0.1) is 0 Å². The summed E-state index contributed by atoms with van der Waals surface area (Å²) in [6.07, 6.45) is 14.3. The van der Waals surface area contributed by atoms with E-state index in [2.05, 4.69) is 10.3 Å². The van der Waals surface area contributed by atoms with Crippen LogP contribution in [0.2, 0.25) is 0 Å². The standard InChI is InChI=1S/C22H32N2O2/c25-21(16-15-20-12-8-7-9-13-20)23-17-11-6-4-2-1-3-5-10-14-22-24-18-19-26-22/h7-9,12-13,15-16H,1-6,10-11,14,17-19H2,(H,23,25)/b16-15+. The van der Waals surface area contributed by atoms with Crippen LogP contribution >= 0.6 is 0 Å². The molecule has 1 heterocycles. The van der Waals surface area contributed by atoms with Gasteiger partial charge in [-0.3, -0.25) is 9.79 Å². The van der Waals surface area contributed by atoms with Gasteiger partial charge in [0.2, 0.25) is 5.91 Å². The monoisotopic (exact) mass is 356 g/mol. The second-order valence-electron chi connectivity index (χ2n) is 6.74. The van der Waals surface area contributed by atoms with E-state index >= 15 is 0 Å². The van der Waals surface area contributed by atoms with Gasteiger partial charge in [0.15, 0.2) is 5.90 Å². The first-order chi connectivity index (χ1) is 12.8. The van der Waals surface area contributed by atoms with Crippen molar-refractivity contribution in [1.82, 2.24) is 5.32 Å². The molecule has 4 nitrogen and oxygen atoms in total. The Morgan fingerprint density at radius 3 is 2.38 bits per heavy atom. The number of carbonyl (C=O) groups excluding carboxylic acids is 1. The number of carbonyl (C=O) groups is 1. The van der Waals surface area contributed by atoms with Crippen LogP contribution in [0, 0.1) is 0 Å². The Bertz CT molecular complexity index is 567. The summed E-state index contributed by atoms with van der Waals surface area (Å²) in [7, 11) is 0. The fourth-order valence-corrected chi connectivity index (χ4v) is 3.00. The first-order valence-corrected chi connectivity index (χ1v) is 10.0. The first kappa shape index (κ1) is 20.2. The molecule has 0 bridgehead atoms. The summed E-state index contributed by atoms with van der Waals surface area (Å²) in [6.45, 7) is 2.39. The van der Waals surface area contributed by atoms with E-state index in [4.69, 9.17) is 4.74 Å². The van der Waals surface area contributed by atoms with Crippen LogP contribution in [0.3, 0.4) is 0 Å². The van der Waals surface area contributed by atoms with Crippen LogP contribution in [0.15, 0.2) is 41.4 Å². The summed E-state index contributed by atoms with van der Waals surface area (Å²) in [5.41, 5.74) is 1.05. The zero-order valence-electron chi connectivity index (χ0n) is 15.8. The molecule has 0 fully saturated rings. The van der Waals surface area contributed by atoms with E-state index in [-0.39, 0.29) is 5.91 Å². The molecule has 142 valence electrons. The minimum Gasteiger partial charge on any atom is -0.479 e. The highest BCUT2D eigenvalue weighted by molar-refractivity contribution is 5.91. The molecule has 26 heavy (non-hydrogen) atoms. The minimum absolute atomic E-state index is 0.00954. The van der Waals surface area contributed by atoms with Crippen molar-refractivity contribution in [2.24, 2.45) is 4.99 Å². The molecule has 0 saturated heterocycles. The third-order valence-electron chi connectivity index (χ3n) is 4.49. The van der Waals surface area contributed by atoms with Crippen molar-refractivity contribution in [2.45, 2.75) is 57.8 Å². The summed E-state index contributed by atoms with van der Waals surface area (Å²) < 4.78 is 5.41. The number of ether oxygens (including phenoxy) is 1. The predicted molar refractivity (Wildman–Crippen MR) is 108 cm³/mol. The molecular weight excluding hydrogens is 324 g/mol. The molecular formula is C22H32N2O2. The molecule has 0 saturated carbocycles. The Kier molecular flexibility index (Phi) is 10.2. The summed E-state index contributed by atoms with van der Waals surface area (Å²) >= 11 is 0. The average Bonchev–Trinajstić information content (AvgIpc) is 3.19. The lowest BCUT2D eigenvalue weighted by atomic mass is 10.1. The van der Waals surface area contributed by atoms with Gasteiger partial charge < -0.3 is 10.1 Å². The van der Waals surface area contributed by atoms with Gasteiger partial charge >= 0.3 is 0 Å². The Labute approximate surface area is 157 Å². The van der Waals surface area contributed by atoms with Gasteiger partial charge in [0.25, 0.3) is 0 Å². The Hall–Kier alpha value is -2.10. The van der Waals surface area contributed by atoms with Crippen LogP contribution in [0.1, 0.15) is 63.4 Å². The second-order valence-corrected chi connectivity index (χ2v) is 6.74. The number of unbranched alkanes of at least 4 members (excludes halogenated alkanes) is 7. The number of nitrogens with one attached hydrogen (secondary N) is 1. The van der Waals surface area contributed by atoms with E-state index in [9.17, 15) is 4.79 Å². The zero-order valence-corrected chi connectivity index (χ0v) is 15.8. The van der Waals surface area contributed by atoms with Gasteiger partial charge in [0, 0.05) is 19.0 Å². The van der Waals surface area contributed by atoms with E-state index in [1.54, 1.807) is 6.08 Å². The van der Waals surface area contributed by atoms with Crippen molar-refractivity contribution < 1.29 is 9.53 Å². The van der Waals surface area contributed by atoms with Gasteiger partial charge in [-0.1, -0.05) is 68.9 Å². The lowest BCUT2D eigenvalue weighted by Gasteiger charge is -2.04. The molecule has 4 heteroatoms. The zero-order chi connectivity index (χ0) is 18.3. The van der Waals surface area contributed by atoms with Crippen molar-refractivity contribution in [3.8, 4) is 0 Å². The van der Waals surface area contributed by atoms with Crippen LogP contribution in [-0.2, 0) is 9.53 Å². The van der Waals surface area contributed by atoms with E-state index in [1.165, 1.54) is 44.9 Å². The minimum atomic E-state index is -0.00954. The Morgan fingerprint density at radius 1 is 1.00 bits per heavy atom. The maximum Gasteiger partial charge on any atom is 0.243 e. The quantitative estimate of drug-likeness (QED) is 0.409. The third kappa shape index (κ3) is 9.40. The maximum atomic E-state index is 11.7. The second kappa shape index (κ2) is 13.2. The number of hydrogen-bond donors (Lipinski definition) is 1. The first-order valence-electron chi connectivity index (χ1n) is 10.0. The van der Waals surface area contributed by atoms with Crippen LogP contribution in [0.4, 0.5) is 0 Å². The van der Waals surface area contributed by atoms with Gasteiger partial charge in [-0.2, -0.15) is 0 Å². The third-order valence-corrected chi connectivity index (χ3v) is 4.49. The van der Waals surface area contributed by atoms with Crippen molar-refractivity contribution in [3.63, 3.8) is 0 Å². The molecule has 0 unspecified atom stereocenters. The predicted octanol–water partition coefficient (Wildman–Crippen LogP) is 4.76. The SMILES string of the molecule is O=C(/C=C/c1ccccc1)NCCCCCCCCCCC1=NCCO1. The Balaban J connectivity index is 1.35. The molecule has 1 aromatic carbocycles. The molecule has 1 N–H and O–H groups in total. The summed E-state index contributed by atoms with van der Waals surface area (Å²) in [4.78, 5) is 16.0. The van der Waals surface area contributed by atoms with Crippen molar-refractivity contribution >= 4 is 17.9 Å². The number of amides is 1. The highest BCUT2D eigenvalue weighted by atomic mass is 16.5.